The van der Waals surface area contributed by atoms with Crippen LogP contribution in [0.1, 0.15) is 82.8 Å². The summed E-state index contributed by atoms with van der Waals surface area (Å²) in [6, 6.07) is 1.09. The predicted octanol–water partition coefficient (Wildman–Crippen LogP) is 1.71. The van der Waals surface area contributed by atoms with Gasteiger partial charge in [0, 0.05) is 31.7 Å². The van der Waals surface area contributed by atoms with Crippen LogP contribution in [-0.4, -0.2) is 109 Å². The molecule has 5 aliphatic rings. The van der Waals surface area contributed by atoms with Crippen LogP contribution in [-0.2, 0) is 35.5 Å². The fourth-order valence-electron chi connectivity index (χ4n) is 8.35. The van der Waals surface area contributed by atoms with Crippen molar-refractivity contribution in [1.82, 2.24) is 20.4 Å². The van der Waals surface area contributed by atoms with Crippen LogP contribution in [0.2, 0.25) is 0 Å². The summed E-state index contributed by atoms with van der Waals surface area (Å²) in [6.07, 6.45) is 1.69. The van der Waals surface area contributed by atoms with Gasteiger partial charge in [0.1, 0.15) is 17.4 Å². The molecule has 2 saturated heterocycles. The standard InChI is InChI=1S/C34H50BN5O9/c1-9-39-12-13-40(29(43)28(39)42)31(46)37-22(17-36)27(41)38-25(35-48-24-15-18-14-23(33(18,5)6)34(24,7)49-35)16-20-21(32(2,3)4)11-10-19(30(44)45)26(20)47-8/h10-11,18,22-25H,9,12-17,36H2,1-8H3,(H,37,46)(H,38,41)(H,44,45)/t18-,22?,23-,24+,25?,34-/m0/s1. The Kier molecular flexibility index (Phi) is 9.87. The molecule has 268 valence electrons. The molecule has 14 nitrogen and oxygen atoms in total. The Morgan fingerprint density at radius 1 is 1.12 bits per heavy atom. The minimum atomic E-state index is -1.28. The first kappa shape index (κ1) is 36.6. The van der Waals surface area contributed by atoms with Crippen LogP contribution in [0.25, 0.3) is 0 Å². The minimum absolute atomic E-state index is 0.0245. The molecule has 5 amide bonds. The third-order valence-corrected chi connectivity index (χ3v) is 11.3. The van der Waals surface area contributed by atoms with E-state index in [0.29, 0.717) is 18.0 Å². The minimum Gasteiger partial charge on any atom is -0.496 e. The van der Waals surface area contributed by atoms with E-state index >= 15 is 0 Å². The molecule has 2 aliphatic heterocycles. The van der Waals surface area contributed by atoms with Crippen molar-refractivity contribution in [2.75, 3.05) is 33.3 Å². The van der Waals surface area contributed by atoms with Gasteiger partial charge in [0.15, 0.2) is 0 Å². The van der Waals surface area contributed by atoms with Crippen LogP contribution in [0.4, 0.5) is 4.79 Å². The highest BCUT2D eigenvalue weighted by molar-refractivity contribution is 6.48. The van der Waals surface area contributed by atoms with Crippen molar-refractivity contribution >= 4 is 36.8 Å². The number of benzene rings is 1. The number of imide groups is 1. The first-order valence-electron chi connectivity index (χ1n) is 17.1. The number of nitrogens with zero attached hydrogens (tertiary/aromatic N) is 2. The quantitative estimate of drug-likeness (QED) is 0.209. The second kappa shape index (κ2) is 13.2. The van der Waals surface area contributed by atoms with Crippen molar-refractivity contribution in [1.29, 1.82) is 0 Å². The Bertz CT molecular complexity index is 1530. The van der Waals surface area contributed by atoms with Gasteiger partial charge in [-0.15, -0.1) is 0 Å². The van der Waals surface area contributed by atoms with Gasteiger partial charge in [0.2, 0.25) is 5.91 Å². The molecule has 2 bridgehead atoms. The van der Waals surface area contributed by atoms with Crippen molar-refractivity contribution in [2.45, 2.75) is 96.8 Å². The van der Waals surface area contributed by atoms with Gasteiger partial charge < -0.3 is 40.4 Å². The highest BCUT2D eigenvalue weighted by Crippen LogP contribution is 2.65. The summed E-state index contributed by atoms with van der Waals surface area (Å²) in [6.45, 7) is 14.5. The average Bonchev–Trinajstić information content (AvgIpc) is 3.40. The number of nitrogens with two attached hydrogens (primary N) is 1. The number of carboxylic acid groups (broad SMARTS) is 1. The van der Waals surface area contributed by atoms with Gasteiger partial charge in [-0.1, -0.05) is 40.7 Å². The summed E-state index contributed by atoms with van der Waals surface area (Å²) < 4.78 is 19.1. The molecule has 3 saturated carbocycles. The van der Waals surface area contributed by atoms with Crippen LogP contribution >= 0.6 is 0 Å². The van der Waals surface area contributed by atoms with Crippen LogP contribution < -0.4 is 21.1 Å². The summed E-state index contributed by atoms with van der Waals surface area (Å²) >= 11 is 0. The molecule has 6 rings (SSSR count). The molecule has 3 aliphatic carbocycles. The van der Waals surface area contributed by atoms with Crippen LogP contribution in [0, 0.1) is 17.3 Å². The van der Waals surface area contributed by atoms with Gasteiger partial charge in [0.05, 0.1) is 24.8 Å². The molecule has 0 aromatic heterocycles. The number of carbonyl (C=O) groups is 5. The smallest absolute Gasteiger partial charge is 0.482 e. The summed E-state index contributed by atoms with van der Waals surface area (Å²) in [5.41, 5.74) is 6.37. The number of hydrogen-bond acceptors (Lipinski definition) is 9. The van der Waals surface area contributed by atoms with E-state index in [1.165, 1.54) is 18.1 Å². The van der Waals surface area contributed by atoms with E-state index in [2.05, 4.69) is 31.4 Å². The number of methoxy groups -OCH3 is 1. The van der Waals surface area contributed by atoms with E-state index in [0.717, 1.165) is 23.3 Å². The zero-order valence-electron chi connectivity index (χ0n) is 29.8. The largest absolute Gasteiger partial charge is 0.496 e. The van der Waals surface area contributed by atoms with Crippen molar-refractivity contribution in [3.05, 3.63) is 28.8 Å². The molecule has 5 N–H and O–H groups in total. The summed E-state index contributed by atoms with van der Waals surface area (Å²) in [5.74, 6) is -3.57. The number of likely N-dealkylation sites (N-methyl/N-ethyl adjacent to an activating group) is 1. The highest BCUT2D eigenvalue weighted by atomic mass is 16.7. The lowest BCUT2D eigenvalue weighted by Gasteiger charge is -2.64. The number of nitrogens with one attached hydrogen (secondary N) is 2. The zero-order valence-corrected chi connectivity index (χ0v) is 29.8. The molecule has 49 heavy (non-hydrogen) atoms. The number of carbonyl (C=O) groups excluding carboxylic acids is 4. The number of aromatic carboxylic acids is 1. The molecular formula is C34H50BN5O9. The Balaban J connectivity index is 1.46. The normalized spacial score (nSPS) is 27.2. The van der Waals surface area contributed by atoms with Gasteiger partial charge in [-0.2, -0.15) is 0 Å². The molecule has 1 aromatic carbocycles. The predicted molar refractivity (Wildman–Crippen MR) is 180 cm³/mol. The van der Waals surface area contributed by atoms with E-state index in [9.17, 15) is 29.1 Å². The second-order valence-electron chi connectivity index (χ2n) is 15.5. The lowest BCUT2D eigenvalue weighted by Crippen LogP contribution is -2.65. The van der Waals surface area contributed by atoms with E-state index in [1.807, 2.05) is 20.8 Å². The molecule has 15 heteroatoms. The number of carboxylic acids is 1. The molecule has 2 heterocycles. The van der Waals surface area contributed by atoms with Crippen LogP contribution in [0.3, 0.4) is 0 Å². The number of hydrogen-bond donors (Lipinski definition) is 4. The second-order valence-corrected chi connectivity index (χ2v) is 15.5. The lowest BCUT2D eigenvalue weighted by molar-refractivity contribution is -0.199. The fraction of sp³-hybridized carbons (Fsp3) is 0.676. The number of piperazine rings is 1. The molecule has 1 aromatic rings. The topological polar surface area (TPSA) is 190 Å². The summed E-state index contributed by atoms with van der Waals surface area (Å²) in [7, 11) is 0.487. The molecule has 5 fully saturated rings. The maximum atomic E-state index is 14.0. The Morgan fingerprint density at radius 2 is 1.82 bits per heavy atom. The monoisotopic (exact) mass is 683 g/mol. The molecule has 0 radical (unpaired) electrons. The number of urea groups is 1. The van der Waals surface area contributed by atoms with E-state index in [-0.39, 0.29) is 54.8 Å². The third-order valence-electron chi connectivity index (χ3n) is 11.3. The lowest BCUT2D eigenvalue weighted by atomic mass is 9.43. The highest BCUT2D eigenvalue weighted by Gasteiger charge is 2.68. The van der Waals surface area contributed by atoms with Crippen molar-refractivity contribution in [3.8, 4) is 5.75 Å². The van der Waals surface area contributed by atoms with Crippen LogP contribution in [0.5, 0.6) is 5.75 Å². The summed E-state index contributed by atoms with van der Waals surface area (Å²) in [4.78, 5) is 66.6. The average molecular weight is 684 g/mol. The van der Waals surface area contributed by atoms with Crippen LogP contribution in [0.15, 0.2) is 12.1 Å². The molecular weight excluding hydrogens is 633 g/mol. The first-order chi connectivity index (χ1) is 22.9. The zero-order chi connectivity index (χ0) is 36.2. The molecule has 2 unspecified atom stereocenters. The summed E-state index contributed by atoms with van der Waals surface area (Å²) in [5, 5.41) is 15.5. The van der Waals surface area contributed by atoms with Gasteiger partial charge >= 0.3 is 30.9 Å². The maximum Gasteiger partial charge on any atom is 0.482 e. The number of ether oxygens (including phenoxy) is 1. The van der Waals surface area contributed by atoms with Crippen molar-refractivity contribution in [3.63, 3.8) is 0 Å². The molecule has 6 atom stereocenters. The SMILES string of the molecule is CCN1CCN(C(=O)NC(CN)C(=O)NC(Cc2c(C(C)(C)C)ccc(C(=O)O)c2OC)B2O[C@@H]3C[C@@H]4C[C@@H](C4(C)C)[C@]3(C)O2)C(=O)C1=O. The van der Waals surface area contributed by atoms with Crippen molar-refractivity contribution in [2.24, 2.45) is 23.0 Å². The Morgan fingerprint density at radius 3 is 2.39 bits per heavy atom. The van der Waals surface area contributed by atoms with E-state index in [1.54, 1.807) is 13.0 Å². The Hall–Kier alpha value is -3.69. The van der Waals surface area contributed by atoms with E-state index in [4.69, 9.17) is 19.8 Å². The number of rotatable bonds is 10. The third kappa shape index (κ3) is 6.40. The van der Waals surface area contributed by atoms with Gasteiger partial charge in [-0.25, -0.2) is 9.59 Å². The fourth-order valence-corrected chi connectivity index (χ4v) is 8.35. The first-order valence-corrected chi connectivity index (χ1v) is 17.1. The van der Waals surface area contributed by atoms with Gasteiger partial charge in [-0.3, -0.25) is 19.3 Å². The van der Waals surface area contributed by atoms with E-state index < -0.39 is 59.8 Å². The molecule has 0 spiro atoms. The maximum absolute atomic E-state index is 14.0. The number of amides is 5. The van der Waals surface area contributed by atoms with Gasteiger partial charge in [0.25, 0.3) is 0 Å². The Labute approximate surface area is 287 Å². The van der Waals surface area contributed by atoms with Crippen molar-refractivity contribution < 1.29 is 43.1 Å². The van der Waals surface area contributed by atoms with Gasteiger partial charge in [-0.05, 0) is 67.4 Å².